The van der Waals surface area contributed by atoms with Gasteiger partial charge in [0.2, 0.25) is 0 Å². The molecular weight excluding hydrogens is 302 g/mol. The van der Waals surface area contributed by atoms with Crippen LogP contribution in [-0.4, -0.2) is 4.98 Å². The number of rotatable bonds is 3. The second-order valence-electron chi connectivity index (χ2n) is 3.59. The molecule has 0 bridgehead atoms. The van der Waals surface area contributed by atoms with Crippen LogP contribution in [0.5, 0.6) is 0 Å². The Labute approximate surface area is 111 Å². The Kier molecular flexibility index (Phi) is 3.72. The van der Waals surface area contributed by atoms with E-state index < -0.39 is 11.6 Å². The van der Waals surface area contributed by atoms with Crippen molar-refractivity contribution >= 4 is 27.3 Å². The van der Waals surface area contributed by atoms with Gasteiger partial charge < -0.3 is 5.32 Å². The van der Waals surface area contributed by atoms with E-state index in [-0.39, 0.29) is 5.69 Å². The fourth-order valence-corrected chi connectivity index (χ4v) is 1.78. The Hall–Kier alpha value is -1.75. The summed E-state index contributed by atoms with van der Waals surface area (Å²) in [5.74, 6) is -1.33. The number of halogens is 3. The van der Waals surface area contributed by atoms with Crippen molar-refractivity contribution in [2.45, 2.75) is 0 Å². The van der Waals surface area contributed by atoms with Crippen molar-refractivity contribution in [1.29, 1.82) is 0 Å². The summed E-state index contributed by atoms with van der Waals surface area (Å²) < 4.78 is 27.6. The summed E-state index contributed by atoms with van der Waals surface area (Å²) in [4.78, 5) is 3.96. The molecule has 1 aromatic heterocycles. The van der Waals surface area contributed by atoms with Gasteiger partial charge in [0, 0.05) is 28.1 Å². The number of nitrogens with one attached hydrogen (secondary N) is 1. The van der Waals surface area contributed by atoms with E-state index in [2.05, 4.69) is 32.8 Å². The lowest BCUT2D eigenvalue weighted by Gasteiger charge is -2.11. The zero-order valence-electron chi connectivity index (χ0n) is 9.25. The van der Waals surface area contributed by atoms with Gasteiger partial charge in [0.1, 0.15) is 17.3 Å². The molecule has 2 rings (SSSR count). The van der Waals surface area contributed by atoms with Gasteiger partial charge in [-0.1, -0.05) is 12.6 Å². The molecule has 2 aromatic rings. The van der Waals surface area contributed by atoms with Crippen LogP contribution in [-0.2, 0) is 0 Å². The largest absolute Gasteiger partial charge is 0.351 e. The molecule has 0 aliphatic carbocycles. The molecule has 0 atom stereocenters. The molecule has 0 aliphatic heterocycles. The van der Waals surface area contributed by atoms with Gasteiger partial charge in [-0.2, -0.15) is 0 Å². The van der Waals surface area contributed by atoms with Gasteiger partial charge >= 0.3 is 0 Å². The Morgan fingerprint density at radius 3 is 2.50 bits per heavy atom. The molecule has 5 heteroatoms. The van der Waals surface area contributed by atoms with E-state index in [0.717, 1.165) is 4.47 Å². The van der Waals surface area contributed by atoms with Gasteiger partial charge in [-0.15, -0.1) is 0 Å². The van der Waals surface area contributed by atoms with Gasteiger partial charge in [-0.3, -0.25) is 4.98 Å². The van der Waals surface area contributed by atoms with Crippen molar-refractivity contribution in [3.05, 3.63) is 64.9 Å². The van der Waals surface area contributed by atoms with Crippen LogP contribution in [0.25, 0.3) is 5.70 Å². The average Bonchev–Trinajstić information content (AvgIpc) is 2.34. The van der Waals surface area contributed by atoms with Crippen molar-refractivity contribution in [2.75, 3.05) is 5.32 Å². The molecule has 0 saturated heterocycles. The molecule has 0 unspecified atom stereocenters. The van der Waals surface area contributed by atoms with Gasteiger partial charge in [0.15, 0.2) is 0 Å². The minimum absolute atomic E-state index is 0.220. The summed E-state index contributed by atoms with van der Waals surface area (Å²) in [5, 5.41) is 2.62. The van der Waals surface area contributed by atoms with Crippen LogP contribution in [0.2, 0.25) is 0 Å². The number of para-hydroxylation sites is 1. The summed E-state index contributed by atoms with van der Waals surface area (Å²) in [5.41, 5.74) is 0.794. The zero-order valence-corrected chi connectivity index (χ0v) is 10.8. The van der Waals surface area contributed by atoms with Crippen LogP contribution < -0.4 is 5.32 Å². The van der Waals surface area contributed by atoms with E-state index in [4.69, 9.17) is 0 Å². The Bertz CT molecular complexity index is 579. The molecule has 0 spiro atoms. The third kappa shape index (κ3) is 2.73. The van der Waals surface area contributed by atoms with Gasteiger partial charge in [-0.25, -0.2) is 8.78 Å². The number of pyridine rings is 1. The summed E-state index contributed by atoms with van der Waals surface area (Å²) in [7, 11) is 0. The molecule has 0 radical (unpaired) electrons. The van der Waals surface area contributed by atoms with Gasteiger partial charge in [-0.05, 0) is 34.1 Å². The Morgan fingerprint density at radius 2 is 1.89 bits per heavy atom. The summed E-state index contributed by atoms with van der Waals surface area (Å²) >= 11 is 3.27. The van der Waals surface area contributed by atoms with Crippen LogP contribution in [0.4, 0.5) is 14.5 Å². The van der Waals surface area contributed by atoms with Crippen molar-refractivity contribution < 1.29 is 8.78 Å². The smallest absolute Gasteiger partial charge is 0.149 e. The van der Waals surface area contributed by atoms with Crippen LogP contribution in [0.3, 0.4) is 0 Å². The summed E-state index contributed by atoms with van der Waals surface area (Å²) in [6, 6.07) is 5.41. The number of hydrogen-bond donors (Lipinski definition) is 1. The third-order valence-electron chi connectivity index (χ3n) is 2.29. The lowest BCUT2D eigenvalue weighted by Crippen LogP contribution is -2.02. The van der Waals surface area contributed by atoms with Crippen molar-refractivity contribution in [1.82, 2.24) is 4.98 Å². The van der Waals surface area contributed by atoms with E-state index in [0.29, 0.717) is 11.3 Å². The van der Waals surface area contributed by atoms with Crippen molar-refractivity contribution in [3.63, 3.8) is 0 Å². The van der Waals surface area contributed by atoms with Crippen LogP contribution in [0.1, 0.15) is 5.56 Å². The first-order valence-electron chi connectivity index (χ1n) is 5.09. The highest BCUT2D eigenvalue weighted by molar-refractivity contribution is 9.10. The minimum atomic E-state index is -0.667. The van der Waals surface area contributed by atoms with E-state index in [9.17, 15) is 8.78 Å². The topological polar surface area (TPSA) is 24.9 Å². The second-order valence-corrected chi connectivity index (χ2v) is 4.51. The molecule has 0 amide bonds. The molecule has 0 saturated carbocycles. The highest BCUT2D eigenvalue weighted by atomic mass is 79.9. The molecule has 0 aliphatic rings. The van der Waals surface area contributed by atoms with E-state index in [1.807, 2.05) is 0 Å². The van der Waals surface area contributed by atoms with E-state index in [1.165, 1.54) is 18.2 Å². The zero-order chi connectivity index (χ0) is 13.1. The highest BCUT2D eigenvalue weighted by Gasteiger charge is 2.10. The van der Waals surface area contributed by atoms with Crippen molar-refractivity contribution in [2.24, 2.45) is 0 Å². The first-order chi connectivity index (χ1) is 8.58. The quantitative estimate of drug-likeness (QED) is 0.918. The summed E-state index contributed by atoms with van der Waals surface area (Å²) in [6.45, 7) is 3.74. The van der Waals surface area contributed by atoms with Crippen LogP contribution in [0.15, 0.2) is 47.7 Å². The maximum atomic E-state index is 13.4. The molecular formula is C13H9BrF2N2. The summed E-state index contributed by atoms with van der Waals surface area (Å²) in [6.07, 6.45) is 3.17. The lowest BCUT2D eigenvalue weighted by atomic mass is 10.2. The number of anilines is 1. The standard InChI is InChI=1S/C13H9BrF2N2/c1-8(9-5-10(14)7-17-6-9)18-13-11(15)3-2-4-12(13)16/h2-7,18H,1H2. The normalized spacial score (nSPS) is 10.2. The fourth-order valence-electron chi connectivity index (χ4n) is 1.42. The maximum absolute atomic E-state index is 13.4. The van der Waals surface area contributed by atoms with Gasteiger partial charge in [0.05, 0.1) is 0 Å². The van der Waals surface area contributed by atoms with Gasteiger partial charge in [0.25, 0.3) is 0 Å². The number of nitrogens with zero attached hydrogens (tertiary/aromatic N) is 1. The van der Waals surface area contributed by atoms with E-state index >= 15 is 0 Å². The molecule has 1 N–H and O–H groups in total. The predicted molar refractivity (Wildman–Crippen MR) is 71.0 cm³/mol. The van der Waals surface area contributed by atoms with E-state index in [1.54, 1.807) is 18.5 Å². The lowest BCUT2D eigenvalue weighted by molar-refractivity contribution is 0.591. The monoisotopic (exact) mass is 310 g/mol. The van der Waals surface area contributed by atoms with Crippen LogP contribution in [0, 0.1) is 11.6 Å². The number of aromatic nitrogens is 1. The second kappa shape index (κ2) is 5.27. The number of hydrogen-bond acceptors (Lipinski definition) is 2. The first-order valence-corrected chi connectivity index (χ1v) is 5.88. The fraction of sp³-hybridized carbons (Fsp3) is 0. The maximum Gasteiger partial charge on any atom is 0.149 e. The van der Waals surface area contributed by atoms with Crippen LogP contribution >= 0.6 is 15.9 Å². The molecule has 1 aromatic carbocycles. The average molecular weight is 311 g/mol. The molecule has 18 heavy (non-hydrogen) atoms. The Balaban J connectivity index is 2.27. The minimum Gasteiger partial charge on any atom is -0.351 e. The third-order valence-corrected chi connectivity index (χ3v) is 2.73. The molecule has 0 fully saturated rings. The number of benzene rings is 1. The SMILES string of the molecule is C=C(Nc1c(F)cccc1F)c1cncc(Br)c1. The highest BCUT2D eigenvalue weighted by Crippen LogP contribution is 2.23. The Morgan fingerprint density at radius 1 is 1.22 bits per heavy atom. The molecule has 1 heterocycles. The van der Waals surface area contributed by atoms with Crippen molar-refractivity contribution in [3.8, 4) is 0 Å². The molecule has 2 nitrogen and oxygen atoms in total. The predicted octanol–water partition coefficient (Wildman–Crippen LogP) is 4.21. The molecule has 92 valence electrons. The first kappa shape index (κ1) is 12.7.